The summed E-state index contributed by atoms with van der Waals surface area (Å²) in [6.45, 7) is 5.80. The molecule has 1 heterocycles. The third-order valence-corrected chi connectivity index (χ3v) is 3.33. The highest BCUT2D eigenvalue weighted by molar-refractivity contribution is 7.84. The van der Waals surface area contributed by atoms with Crippen molar-refractivity contribution >= 4 is 10.3 Å². The largest absolute Gasteiger partial charge is 0.338 e. The highest BCUT2D eigenvalue weighted by Gasteiger charge is 2.25. The predicted molar refractivity (Wildman–Crippen MR) is 49.6 cm³/mol. The number of piperazine rings is 1. The van der Waals surface area contributed by atoms with E-state index in [0.29, 0.717) is 26.2 Å². The Hall–Kier alpha value is -0.170. The zero-order valence-electron chi connectivity index (χ0n) is 7.99. The normalized spacial score (nSPS) is 20.8. The molecule has 1 rings (SSSR count). The van der Waals surface area contributed by atoms with Gasteiger partial charge in [0.1, 0.15) is 0 Å². The van der Waals surface area contributed by atoms with E-state index in [2.05, 4.69) is 5.32 Å². The zero-order valence-corrected chi connectivity index (χ0v) is 8.80. The number of nitrogens with one attached hydrogen (secondary N) is 1. The van der Waals surface area contributed by atoms with Gasteiger partial charge in [-0.3, -0.25) is 4.18 Å². The van der Waals surface area contributed by atoms with Crippen molar-refractivity contribution < 1.29 is 12.6 Å². The van der Waals surface area contributed by atoms with Crippen molar-refractivity contribution in [1.29, 1.82) is 0 Å². The van der Waals surface area contributed by atoms with Crippen molar-refractivity contribution in [3.05, 3.63) is 0 Å². The van der Waals surface area contributed by atoms with Gasteiger partial charge in [-0.05, 0) is 13.8 Å². The molecule has 0 bridgehead atoms. The smallest absolute Gasteiger partial charge is 0.314 e. The maximum absolute atomic E-state index is 11.5. The molecule has 0 aromatic heterocycles. The molecule has 1 saturated heterocycles. The summed E-state index contributed by atoms with van der Waals surface area (Å²) < 4.78 is 29.2. The summed E-state index contributed by atoms with van der Waals surface area (Å²) in [6.07, 6.45) is -0.292. The third-order valence-electron chi connectivity index (χ3n) is 1.71. The number of hydrogen-bond acceptors (Lipinski definition) is 4. The van der Waals surface area contributed by atoms with Gasteiger partial charge in [-0.15, -0.1) is 0 Å². The van der Waals surface area contributed by atoms with Crippen molar-refractivity contribution in [1.82, 2.24) is 9.62 Å². The molecule has 6 heteroatoms. The van der Waals surface area contributed by atoms with Crippen LogP contribution in [0.15, 0.2) is 0 Å². The zero-order chi connectivity index (χ0) is 9.90. The van der Waals surface area contributed by atoms with Crippen LogP contribution in [0.25, 0.3) is 0 Å². The Bertz CT molecular complexity index is 244. The Balaban J connectivity index is 2.57. The fourth-order valence-corrected chi connectivity index (χ4v) is 2.41. The third kappa shape index (κ3) is 3.22. The van der Waals surface area contributed by atoms with E-state index < -0.39 is 10.3 Å². The molecule has 0 aromatic carbocycles. The van der Waals surface area contributed by atoms with Crippen molar-refractivity contribution in [2.75, 3.05) is 26.2 Å². The molecule has 5 nitrogen and oxygen atoms in total. The van der Waals surface area contributed by atoms with Gasteiger partial charge in [-0.25, -0.2) is 0 Å². The maximum atomic E-state index is 11.5. The van der Waals surface area contributed by atoms with Crippen molar-refractivity contribution in [2.24, 2.45) is 0 Å². The van der Waals surface area contributed by atoms with E-state index in [1.54, 1.807) is 13.8 Å². The van der Waals surface area contributed by atoms with Crippen LogP contribution in [0, 0.1) is 0 Å². The second-order valence-corrected chi connectivity index (χ2v) is 4.82. The summed E-state index contributed by atoms with van der Waals surface area (Å²) in [4.78, 5) is 0. The molecular weight excluding hydrogens is 192 g/mol. The fourth-order valence-electron chi connectivity index (χ4n) is 1.17. The van der Waals surface area contributed by atoms with Gasteiger partial charge < -0.3 is 5.32 Å². The second-order valence-electron chi connectivity index (χ2n) is 3.25. The molecule has 0 radical (unpaired) electrons. The van der Waals surface area contributed by atoms with Crippen molar-refractivity contribution in [2.45, 2.75) is 20.0 Å². The molecule has 0 amide bonds. The Kier molecular flexibility index (Phi) is 3.66. The van der Waals surface area contributed by atoms with E-state index >= 15 is 0 Å². The van der Waals surface area contributed by atoms with Gasteiger partial charge in [0.25, 0.3) is 0 Å². The van der Waals surface area contributed by atoms with Crippen molar-refractivity contribution in [3.63, 3.8) is 0 Å². The molecule has 1 aliphatic rings. The number of rotatable bonds is 3. The molecule has 0 unspecified atom stereocenters. The molecule has 1 aliphatic heterocycles. The molecule has 0 spiro atoms. The topological polar surface area (TPSA) is 58.6 Å². The van der Waals surface area contributed by atoms with E-state index in [1.807, 2.05) is 0 Å². The SMILES string of the molecule is CC(C)OS(=O)(=O)N1CCNCC1. The van der Waals surface area contributed by atoms with Gasteiger partial charge in [0.05, 0.1) is 6.10 Å². The van der Waals surface area contributed by atoms with E-state index in [0.717, 1.165) is 0 Å². The molecule has 13 heavy (non-hydrogen) atoms. The Morgan fingerprint density at radius 2 is 1.85 bits per heavy atom. The summed E-state index contributed by atoms with van der Waals surface area (Å²) >= 11 is 0. The highest BCUT2D eigenvalue weighted by atomic mass is 32.2. The first-order chi connectivity index (χ1) is 6.02. The lowest BCUT2D eigenvalue weighted by Crippen LogP contribution is -2.47. The van der Waals surface area contributed by atoms with E-state index in [-0.39, 0.29) is 6.10 Å². The molecule has 1 fully saturated rings. The average molecular weight is 208 g/mol. The predicted octanol–water partition coefficient (Wildman–Crippen LogP) is -0.439. The minimum Gasteiger partial charge on any atom is -0.314 e. The van der Waals surface area contributed by atoms with Crippen LogP contribution in [-0.4, -0.2) is 45.0 Å². The lowest BCUT2D eigenvalue weighted by molar-refractivity contribution is 0.209. The van der Waals surface area contributed by atoms with Crippen molar-refractivity contribution in [3.8, 4) is 0 Å². The lowest BCUT2D eigenvalue weighted by atomic mass is 10.4. The summed E-state index contributed by atoms with van der Waals surface area (Å²) in [7, 11) is -3.49. The summed E-state index contributed by atoms with van der Waals surface area (Å²) in [5, 5.41) is 3.08. The molecule has 0 saturated carbocycles. The Labute approximate surface area is 79.3 Å². The number of nitrogens with zero attached hydrogens (tertiary/aromatic N) is 1. The molecule has 0 aliphatic carbocycles. The molecule has 0 aromatic rings. The van der Waals surface area contributed by atoms with Crippen LogP contribution in [0.2, 0.25) is 0 Å². The van der Waals surface area contributed by atoms with Gasteiger partial charge >= 0.3 is 10.3 Å². The van der Waals surface area contributed by atoms with Gasteiger partial charge in [-0.2, -0.15) is 12.7 Å². The number of hydrogen-bond donors (Lipinski definition) is 1. The van der Waals surface area contributed by atoms with Crippen LogP contribution >= 0.6 is 0 Å². The average Bonchev–Trinajstić information content (AvgIpc) is 2.04. The second kappa shape index (κ2) is 4.36. The van der Waals surface area contributed by atoms with Crippen LogP contribution in [0.1, 0.15) is 13.8 Å². The van der Waals surface area contributed by atoms with E-state index in [4.69, 9.17) is 4.18 Å². The van der Waals surface area contributed by atoms with Gasteiger partial charge in [-0.1, -0.05) is 0 Å². The first-order valence-corrected chi connectivity index (χ1v) is 5.78. The highest BCUT2D eigenvalue weighted by Crippen LogP contribution is 2.07. The van der Waals surface area contributed by atoms with Crippen LogP contribution in [0.3, 0.4) is 0 Å². The standard InChI is InChI=1S/C7H16N2O3S/c1-7(2)12-13(10,11)9-5-3-8-4-6-9/h7-8H,3-6H2,1-2H3. The van der Waals surface area contributed by atoms with Gasteiger partial charge in [0, 0.05) is 26.2 Å². The van der Waals surface area contributed by atoms with E-state index in [1.165, 1.54) is 4.31 Å². The summed E-state index contributed by atoms with van der Waals surface area (Å²) in [5.41, 5.74) is 0. The quantitative estimate of drug-likeness (QED) is 0.683. The lowest BCUT2D eigenvalue weighted by Gasteiger charge is -2.26. The van der Waals surface area contributed by atoms with Crippen LogP contribution in [0.4, 0.5) is 0 Å². The minimum atomic E-state index is -3.49. The van der Waals surface area contributed by atoms with Crippen LogP contribution in [0.5, 0.6) is 0 Å². The molecular formula is C7H16N2O3S. The Morgan fingerprint density at radius 3 is 2.31 bits per heavy atom. The first-order valence-electron chi connectivity index (χ1n) is 4.41. The minimum absolute atomic E-state index is 0.292. The molecule has 0 atom stereocenters. The van der Waals surface area contributed by atoms with Gasteiger partial charge in [0.2, 0.25) is 0 Å². The molecule has 78 valence electrons. The molecule has 1 N–H and O–H groups in total. The summed E-state index contributed by atoms with van der Waals surface area (Å²) in [5.74, 6) is 0. The summed E-state index contributed by atoms with van der Waals surface area (Å²) in [6, 6.07) is 0. The van der Waals surface area contributed by atoms with E-state index in [9.17, 15) is 8.42 Å². The fraction of sp³-hybridized carbons (Fsp3) is 1.00. The Morgan fingerprint density at radius 1 is 1.31 bits per heavy atom. The van der Waals surface area contributed by atoms with Gasteiger partial charge in [0.15, 0.2) is 0 Å². The van der Waals surface area contributed by atoms with Crippen LogP contribution < -0.4 is 5.32 Å². The maximum Gasteiger partial charge on any atom is 0.338 e. The van der Waals surface area contributed by atoms with Crippen LogP contribution in [-0.2, 0) is 14.5 Å². The monoisotopic (exact) mass is 208 g/mol. The first kappa shape index (κ1) is 10.9.